The van der Waals surface area contributed by atoms with E-state index >= 15 is 0 Å². The van der Waals surface area contributed by atoms with Crippen LogP contribution in [0.3, 0.4) is 0 Å². The Bertz CT molecular complexity index is 1180. The molecule has 182 valence electrons. The summed E-state index contributed by atoms with van der Waals surface area (Å²) in [4.78, 5) is 29.8. The number of anilines is 3. The van der Waals surface area contributed by atoms with E-state index in [9.17, 15) is 9.59 Å². The molecule has 0 saturated heterocycles. The molecular formula is C28H32N4O3. The lowest BCUT2D eigenvalue weighted by molar-refractivity contribution is -0.136. The number of rotatable bonds is 8. The van der Waals surface area contributed by atoms with Crippen LogP contribution in [0.25, 0.3) is 0 Å². The van der Waals surface area contributed by atoms with Crippen molar-refractivity contribution in [2.24, 2.45) is 0 Å². The van der Waals surface area contributed by atoms with E-state index < -0.39 is 11.8 Å². The molecule has 35 heavy (non-hydrogen) atoms. The minimum absolute atomic E-state index is 0.109. The average molecular weight is 473 g/mol. The quantitative estimate of drug-likeness (QED) is 0.485. The molecule has 1 heterocycles. The minimum Gasteiger partial charge on any atom is -0.492 e. The van der Waals surface area contributed by atoms with Gasteiger partial charge in [0.25, 0.3) is 0 Å². The molecule has 3 aromatic carbocycles. The highest BCUT2D eigenvalue weighted by Gasteiger charge is 2.28. The van der Waals surface area contributed by atoms with Gasteiger partial charge in [-0.15, -0.1) is 0 Å². The highest BCUT2D eigenvalue weighted by molar-refractivity contribution is 6.39. The van der Waals surface area contributed by atoms with Crippen LogP contribution in [0.2, 0.25) is 0 Å². The molecule has 0 bridgehead atoms. The zero-order valence-corrected chi connectivity index (χ0v) is 20.5. The molecule has 1 atom stereocenters. The summed E-state index contributed by atoms with van der Waals surface area (Å²) in [5.41, 5.74) is 5.11. The van der Waals surface area contributed by atoms with Gasteiger partial charge in [-0.3, -0.25) is 9.59 Å². The molecule has 0 fully saturated rings. The van der Waals surface area contributed by atoms with Crippen molar-refractivity contribution < 1.29 is 14.3 Å². The van der Waals surface area contributed by atoms with Crippen LogP contribution < -0.4 is 25.2 Å². The lowest BCUT2D eigenvalue weighted by Gasteiger charge is -2.31. The SMILES string of the molecule is CCOc1ccccc1NC(=O)C(=O)NC[C@@H](c1ccc(N(C)C)cc1)N1CCc2ccccc21. The first-order valence-corrected chi connectivity index (χ1v) is 11.9. The maximum absolute atomic E-state index is 12.8. The normalized spacial score (nSPS) is 13.1. The number of nitrogens with one attached hydrogen (secondary N) is 2. The summed E-state index contributed by atoms with van der Waals surface area (Å²) in [5, 5.41) is 5.52. The zero-order chi connectivity index (χ0) is 24.8. The Labute approximate surface area is 206 Å². The number of hydrogen-bond acceptors (Lipinski definition) is 5. The van der Waals surface area contributed by atoms with E-state index in [4.69, 9.17) is 4.74 Å². The van der Waals surface area contributed by atoms with E-state index in [-0.39, 0.29) is 6.04 Å². The summed E-state index contributed by atoms with van der Waals surface area (Å²) in [6, 6.07) is 23.6. The van der Waals surface area contributed by atoms with Crippen LogP contribution >= 0.6 is 0 Å². The van der Waals surface area contributed by atoms with Gasteiger partial charge in [-0.25, -0.2) is 0 Å². The molecule has 4 rings (SSSR count). The second kappa shape index (κ2) is 11.0. The first kappa shape index (κ1) is 24.1. The number of benzene rings is 3. The van der Waals surface area contributed by atoms with E-state index in [1.54, 1.807) is 18.2 Å². The Morgan fingerprint density at radius 1 is 0.971 bits per heavy atom. The fourth-order valence-electron chi connectivity index (χ4n) is 4.39. The third-order valence-electron chi connectivity index (χ3n) is 6.19. The molecule has 0 spiro atoms. The van der Waals surface area contributed by atoms with Gasteiger partial charge < -0.3 is 25.2 Å². The number of hydrogen-bond donors (Lipinski definition) is 2. The van der Waals surface area contributed by atoms with E-state index in [2.05, 4.69) is 62.9 Å². The summed E-state index contributed by atoms with van der Waals surface area (Å²) in [7, 11) is 4.01. The molecule has 0 aliphatic carbocycles. The molecule has 7 nitrogen and oxygen atoms in total. The Kier molecular flexibility index (Phi) is 7.55. The van der Waals surface area contributed by atoms with Gasteiger partial charge in [-0.2, -0.15) is 0 Å². The smallest absolute Gasteiger partial charge is 0.313 e. The predicted octanol–water partition coefficient (Wildman–Crippen LogP) is 4.01. The summed E-state index contributed by atoms with van der Waals surface area (Å²) in [6.45, 7) is 3.48. The fourth-order valence-corrected chi connectivity index (χ4v) is 4.39. The van der Waals surface area contributed by atoms with E-state index in [1.807, 2.05) is 33.2 Å². The molecule has 0 radical (unpaired) electrons. The van der Waals surface area contributed by atoms with Gasteiger partial charge >= 0.3 is 11.8 Å². The van der Waals surface area contributed by atoms with Crippen LogP contribution in [-0.4, -0.2) is 45.6 Å². The van der Waals surface area contributed by atoms with Crippen molar-refractivity contribution in [3.05, 3.63) is 83.9 Å². The zero-order valence-electron chi connectivity index (χ0n) is 20.5. The van der Waals surface area contributed by atoms with Crippen LogP contribution in [-0.2, 0) is 16.0 Å². The highest BCUT2D eigenvalue weighted by Crippen LogP contribution is 2.35. The molecule has 0 unspecified atom stereocenters. The molecule has 2 N–H and O–H groups in total. The van der Waals surface area contributed by atoms with Crippen LogP contribution in [0.1, 0.15) is 24.1 Å². The molecule has 1 aliphatic rings. The maximum atomic E-state index is 12.8. The van der Waals surface area contributed by atoms with Crippen molar-refractivity contribution in [2.45, 2.75) is 19.4 Å². The Balaban J connectivity index is 1.50. The lowest BCUT2D eigenvalue weighted by Crippen LogP contribution is -2.41. The largest absolute Gasteiger partial charge is 0.492 e. The topological polar surface area (TPSA) is 73.9 Å². The van der Waals surface area contributed by atoms with Crippen LogP contribution in [0.5, 0.6) is 5.75 Å². The van der Waals surface area contributed by atoms with Crippen molar-refractivity contribution >= 4 is 28.9 Å². The Morgan fingerprint density at radius 3 is 2.43 bits per heavy atom. The average Bonchev–Trinajstić information content (AvgIpc) is 3.29. The summed E-state index contributed by atoms with van der Waals surface area (Å²) < 4.78 is 5.54. The maximum Gasteiger partial charge on any atom is 0.313 e. The van der Waals surface area contributed by atoms with Gasteiger partial charge in [0.2, 0.25) is 0 Å². The van der Waals surface area contributed by atoms with Crippen molar-refractivity contribution in [2.75, 3.05) is 48.9 Å². The number of carbonyl (C=O) groups is 2. The molecule has 0 saturated carbocycles. The molecule has 3 aromatic rings. The van der Waals surface area contributed by atoms with Gasteiger partial charge in [0.05, 0.1) is 18.3 Å². The lowest BCUT2D eigenvalue weighted by atomic mass is 10.0. The molecule has 7 heteroatoms. The number of carbonyl (C=O) groups excluding carboxylic acids is 2. The summed E-state index contributed by atoms with van der Waals surface area (Å²) in [6.07, 6.45) is 0.950. The first-order chi connectivity index (χ1) is 17.0. The number of para-hydroxylation sites is 3. The van der Waals surface area contributed by atoms with Crippen LogP contribution in [0.15, 0.2) is 72.8 Å². The monoisotopic (exact) mass is 472 g/mol. The predicted molar refractivity (Wildman–Crippen MR) is 140 cm³/mol. The van der Waals surface area contributed by atoms with Gasteiger partial charge in [-0.1, -0.05) is 42.5 Å². The summed E-state index contributed by atoms with van der Waals surface area (Å²) in [5.74, 6) is -0.872. The minimum atomic E-state index is -0.722. The van der Waals surface area contributed by atoms with Crippen molar-refractivity contribution in [3.8, 4) is 5.75 Å². The molecule has 2 amide bonds. The van der Waals surface area contributed by atoms with E-state index in [1.165, 1.54) is 11.3 Å². The third kappa shape index (κ3) is 5.57. The van der Waals surface area contributed by atoms with E-state index in [0.717, 1.165) is 24.2 Å². The Hall–Kier alpha value is -4.00. The number of nitrogens with zero attached hydrogens (tertiary/aromatic N) is 2. The second-order valence-electron chi connectivity index (χ2n) is 8.67. The van der Waals surface area contributed by atoms with E-state index in [0.29, 0.717) is 24.6 Å². The van der Waals surface area contributed by atoms with Crippen molar-refractivity contribution in [3.63, 3.8) is 0 Å². The number of fused-ring (bicyclic) bond motifs is 1. The number of amides is 2. The van der Waals surface area contributed by atoms with Crippen LogP contribution in [0.4, 0.5) is 17.1 Å². The second-order valence-corrected chi connectivity index (χ2v) is 8.67. The molecular weight excluding hydrogens is 440 g/mol. The third-order valence-corrected chi connectivity index (χ3v) is 6.19. The standard InChI is InChI=1S/C28H32N4O3/c1-4-35-26-12-8-6-10-23(26)30-28(34)27(33)29-19-25(21-13-15-22(16-14-21)31(2)3)32-18-17-20-9-5-7-11-24(20)32/h5-16,25H,4,17-19H2,1-3H3,(H,29,33)(H,30,34)/t25-/m0/s1. The van der Waals surface area contributed by atoms with Gasteiger partial charge in [0.15, 0.2) is 0 Å². The van der Waals surface area contributed by atoms with Gasteiger partial charge in [-0.05, 0) is 54.8 Å². The van der Waals surface area contributed by atoms with Crippen molar-refractivity contribution in [1.29, 1.82) is 0 Å². The van der Waals surface area contributed by atoms with Crippen LogP contribution in [0, 0.1) is 0 Å². The highest BCUT2D eigenvalue weighted by atomic mass is 16.5. The molecule has 0 aromatic heterocycles. The Morgan fingerprint density at radius 2 is 1.69 bits per heavy atom. The number of ether oxygens (including phenoxy) is 1. The van der Waals surface area contributed by atoms with Gasteiger partial charge in [0.1, 0.15) is 5.75 Å². The van der Waals surface area contributed by atoms with Crippen molar-refractivity contribution in [1.82, 2.24) is 5.32 Å². The molecule has 1 aliphatic heterocycles. The first-order valence-electron chi connectivity index (χ1n) is 11.9. The fraction of sp³-hybridized carbons (Fsp3) is 0.286. The summed E-state index contributed by atoms with van der Waals surface area (Å²) >= 11 is 0. The van der Waals surface area contributed by atoms with Gasteiger partial charge in [0, 0.05) is 38.6 Å².